The van der Waals surface area contributed by atoms with Crippen molar-refractivity contribution in [2.45, 2.75) is 0 Å². The zero-order valence-corrected chi connectivity index (χ0v) is 18.1. The quantitative estimate of drug-likeness (QED) is 0.281. The first-order valence-corrected chi connectivity index (χ1v) is 11.1. The van der Waals surface area contributed by atoms with Gasteiger partial charge in [0.05, 0.1) is 22.4 Å². The van der Waals surface area contributed by atoms with Gasteiger partial charge in [-0.05, 0) is 42.5 Å². The molecule has 0 radical (unpaired) electrons. The zero-order chi connectivity index (χ0) is 22.6. The monoisotopic (exact) mass is 435 g/mol. The summed E-state index contributed by atoms with van der Waals surface area (Å²) in [5.74, 6) is 0. The van der Waals surface area contributed by atoms with E-state index >= 15 is 0 Å². The van der Waals surface area contributed by atoms with Gasteiger partial charge in [-0.25, -0.2) is 4.98 Å². The summed E-state index contributed by atoms with van der Waals surface area (Å²) in [5.41, 5.74) is 7.15. The average molecular weight is 435 g/mol. The van der Waals surface area contributed by atoms with E-state index in [0.717, 1.165) is 60.7 Å². The molecule has 3 aromatic heterocycles. The van der Waals surface area contributed by atoms with Gasteiger partial charge in [-0.15, -0.1) is 0 Å². The van der Waals surface area contributed by atoms with Gasteiger partial charge in [0.1, 0.15) is 22.9 Å². The van der Waals surface area contributed by atoms with Crippen molar-refractivity contribution < 1.29 is 4.42 Å². The van der Waals surface area contributed by atoms with Gasteiger partial charge in [0.25, 0.3) is 0 Å². The fourth-order valence-corrected chi connectivity index (χ4v) is 4.98. The lowest BCUT2D eigenvalue weighted by molar-refractivity contribution is 0.669. The third-order valence-electron chi connectivity index (χ3n) is 6.46. The highest BCUT2D eigenvalue weighted by molar-refractivity contribution is 6.17. The number of aromatic nitrogens is 2. The van der Waals surface area contributed by atoms with E-state index in [-0.39, 0.29) is 0 Å². The maximum Gasteiger partial charge on any atom is 0.141 e. The van der Waals surface area contributed by atoms with Crippen LogP contribution < -0.4 is 0 Å². The molecule has 0 saturated carbocycles. The number of hydrogen-bond donors (Lipinski definition) is 0. The number of rotatable bonds is 2. The van der Waals surface area contributed by atoms with Crippen LogP contribution in [-0.4, -0.2) is 9.55 Å². The Hall–Kier alpha value is -4.88. The Bertz CT molecular complexity index is 1930. The SMILES string of the molecule is N#Cc1cccc(-c2ccccc2-n2c3ccccc3c3cc4oc5ccccc5c4cc32)n1. The number of nitrogens with zero attached hydrogens (tertiary/aromatic N) is 3. The summed E-state index contributed by atoms with van der Waals surface area (Å²) < 4.78 is 8.49. The molecule has 0 aliphatic rings. The molecule has 158 valence electrons. The number of fused-ring (bicyclic) bond motifs is 6. The molecule has 0 unspecified atom stereocenters. The van der Waals surface area contributed by atoms with Crippen LogP contribution in [0.3, 0.4) is 0 Å². The third-order valence-corrected chi connectivity index (χ3v) is 6.46. The first-order valence-electron chi connectivity index (χ1n) is 11.1. The Labute approximate surface area is 194 Å². The molecule has 0 aliphatic heterocycles. The van der Waals surface area contributed by atoms with Gasteiger partial charge >= 0.3 is 0 Å². The van der Waals surface area contributed by atoms with E-state index in [1.54, 1.807) is 6.07 Å². The smallest absolute Gasteiger partial charge is 0.141 e. The molecule has 4 aromatic carbocycles. The second-order valence-corrected chi connectivity index (χ2v) is 8.35. The lowest BCUT2D eigenvalue weighted by atomic mass is 10.1. The molecule has 0 aliphatic carbocycles. The van der Waals surface area contributed by atoms with Crippen LogP contribution in [0.1, 0.15) is 5.69 Å². The van der Waals surface area contributed by atoms with Crippen LogP contribution in [0, 0.1) is 11.3 Å². The summed E-state index contributed by atoms with van der Waals surface area (Å²) in [6.45, 7) is 0. The van der Waals surface area contributed by atoms with Crippen LogP contribution in [-0.2, 0) is 0 Å². The van der Waals surface area contributed by atoms with E-state index in [1.165, 1.54) is 0 Å². The topological polar surface area (TPSA) is 54.8 Å². The zero-order valence-electron chi connectivity index (χ0n) is 18.1. The molecule has 0 amide bonds. The predicted octanol–water partition coefficient (Wildman–Crippen LogP) is 7.62. The fraction of sp³-hybridized carbons (Fsp3) is 0. The van der Waals surface area contributed by atoms with Crippen molar-refractivity contribution in [2.75, 3.05) is 0 Å². The van der Waals surface area contributed by atoms with Gasteiger partial charge in [0.15, 0.2) is 0 Å². The Kier molecular flexibility index (Phi) is 3.88. The Morgan fingerprint density at radius 1 is 0.647 bits per heavy atom. The summed E-state index contributed by atoms with van der Waals surface area (Å²) in [5, 5.41) is 13.9. The Balaban J connectivity index is 1.62. The highest BCUT2D eigenvalue weighted by Gasteiger charge is 2.18. The van der Waals surface area contributed by atoms with E-state index < -0.39 is 0 Å². The van der Waals surface area contributed by atoms with E-state index in [4.69, 9.17) is 4.42 Å². The molecule has 4 heteroatoms. The molecule has 0 saturated heterocycles. The van der Waals surface area contributed by atoms with Crippen LogP contribution >= 0.6 is 0 Å². The van der Waals surface area contributed by atoms with E-state index in [1.807, 2.05) is 42.5 Å². The fourth-order valence-electron chi connectivity index (χ4n) is 4.98. The maximum atomic E-state index is 9.39. The third kappa shape index (κ3) is 2.61. The molecular weight excluding hydrogens is 418 g/mol. The number of nitriles is 1. The van der Waals surface area contributed by atoms with Gasteiger partial charge in [0, 0.05) is 27.1 Å². The normalized spacial score (nSPS) is 11.5. The highest BCUT2D eigenvalue weighted by Crippen LogP contribution is 2.39. The standard InChI is InChI=1S/C30H17N3O/c31-18-19-8-7-12-25(32-19)22-11-2-5-14-27(22)33-26-13-4-1-9-20(26)23-17-30-24(16-28(23)33)21-10-3-6-15-29(21)34-30/h1-17H. The maximum absolute atomic E-state index is 9.39. The lowest BCUT2D eigenvalue weighted by Gasteiger charge is -2.13. The first-order chi connectivity index (χ1) is 16.8. The molecule has 0 spiro atoms. The molecule has 0 atom stereocenters. The number of para-hydroxylation sites is 3. The molecule has 0 bridgehead atoms. The number of pyridine rings is 1. The number of hydrogen-bond acceptors (Lipinski definition) is 3. The molecule has 7 rings (SSSR count). The van der Waals surface area contributed by atoms with E-state index in [9.17, 15) is 5.26 Å². The molecule has 7 aromatic rings. The van der Waals surface area contributed by atoms with Crippen molar-refractivity contribution in [3.05, 3.63) is 109 Å². The van der Waals surface area contributed by atoms with E-state index in [0.29, 0.717) is 5.69 Å². The predicted molar refractivity (Wildman–Crippen MR) is 136 cm³/mol. The second kappa shape index (κ2) is 7.06. The molecule has 0 N–H and O–H groups in total. The number of benzene rings is 4. The number of furan rings is 1. The van der Waals surface area contributed by atoms with Crippen molar-refractivity contribution >= 4 is 43.7 Å². The Morgan fingerprint density at radius 3 is 2.35 bits per heavy atom. The summed E-state index contributed by atoms with van der Waals surface area (Å²) in [7, 11) is 0. The second-order valence-electron chi connectivity index (χ2n) is 8.35. The molecule has 0 fully saturated rings. The minimum absolute atomic E-state index is 0.404. The van der Waals surface area contributed by atoms with Gasteiger partial charge in [-0.1, -0.05) is 60.7 Å². The van der Waals surface area contributed by atoms with Crippen LogP contribution in [0.5, 0.6) is 0 Å². The molecule has 34 heavy (non-hydrogen) atoms. The van der Waals surface area contributed by atoms with Crippen molar-refractivity contribution in [1.82, 2.24) is 9.55 Å². The van der Waals surface area contributed by atoms with Crippen molar-refractivity contribution in [2.24, 2.45) is 0 Å². The van der Waals surface area contributed by atoms with E-state index in [2.05, 4.69) is 70.2 Å². The van der Waals surface area contributed by atoms with Crippen LogP contribution in [0.4, 0.5) is 0 Å². The van der Waals surface area contributed by atoms with Gasteiger partial charge in [-0.2, -0.15) is 5.26 Å². The summed E-state index contributed by atoms with van der Waals surface area (Å²) in [6, 6.07) is 36.9. The van der Waals surface area contributed by atoms with Gasteiger partial charge in [-0.3, -0.25) is 0 Å². The van der Waals surface area contributed by atoms with Crippen molar-refractivity contribution in [3.8, 4) is 23.0 Å². The van der Waals surface area contributed by atoms with Gasteiger partial charge < -0.3 is 8.98 Å². The van der Waals surface area contributed by atoms with Crippen molar-refractivity contribution in [3.63, 3.8) is 0 Å². The summed E-state index contributed by atoms with van der Waals surface area (Å²) in [4.78, 5) is 4.59. The minimum atomic E-state index is 0.404. The highest BCUT2D eigenvalue weighted by atomic mass is 16.3. The molecule has 4 nitrogen and oxygen atoms in total. The van der Waals surface area contributed by atoms with Crippen LogP contribution in [0.2, 0.25) is 0 Å². The average Bonchev–Trinajstić information content (AvgIpc) is 3.42. The molecular formula is C30H17N3O. The summed E-state index contributed by atoms with van der Waals surface area (Å²) >= 11 is 0. The van der Waals surface area contributed by atoms with Crippen LogP contribution in [0.15, 0.2) is 108 Å². The summed E-state index contributed by atoms with van der Waals surface area (Å²) in [6.07, 6.45) is 0. The van der Waals surface area contributed by atoms with Crippen LogP contribution in [0.25, 0.3) is 60.7 Å². The van der Waals surface area contributed by atoms with Gasteiger partial charge in [0.2, 0.25) is 0 Å². The lowest BCUT2D eigenvalue weighted by Crippen LogP contribution is -1.98. The largest absolute Gasteiger partial charge is 0.456 e. The minimum Gasteiger partial charge on any atom is -0.456 e. The first kappa shape index (κ1) is 18.7. The Morgan fingerprint density at radius 2 is 1.44 bits per heavy atom. The molecule has 3 heterocycles. The van der Waals surface area contributed by atoms with Crippen molar-refractivity contribution in [1.29, 1.82) is 5.26 Å².